The molecule has 94 valence electrons. The minimum Gasteiger partial charge on any atom is -0.324 e. The molecule has 1 aromatic carbocycles. The van der Waals surface area contributed by atoms with Crippen LogP contribution in [0.5, 0.6) is 0 Å². The second-order valence-corrected chi connectivity index (χ2v) is 5.93. The third-order valence-electron chi connectivity index (χ3n) is 3.24. The van der Waals surface area contributed by atoms with Crippen LogP contribution in [0.2, 0.25) is 10.0 Å². The van der Waals surface area contributed by atoms with Gasteiger partial charge in [0, 0.05) is 28.2 Å². The van der Waals surface area contributed by atoms with Gasteiger partial charge in [0.15, 0.2) is 0 Å². The van der Waals surface area contributed by atoms with Gasteiger partial charge >= 0.3 is 0 Å². The molecule has 17 heavy (non-hydrogen) atoms. The van der Waals surface area contributed by atoms with Gasteiger partial charge in [-0.1, -0.05) is 29.3 Å². The molecule has 0 saturated heterocycles. The fraction of sp³-hybridized carbons (Fsp3) is 0.538. The molecule has 4 heteroatoms. The zero-order valence-corrected chi connectivity index (χ0v) is 11.5. The van der Waals surface area contributed by atoms with Crippen molar-refractivity contribution in [1.29, 1.82) is 0 Å². The number of benzene rings is 1. The highest BCUT2D eigenvalue weighted by Crippen LogP contribution is 2.31. The van der Waals surface area contributed by atoms with Crippen LogP contribution in [0.25, 0.3) is 0 Å². The van der Waals surface area contributed by atoms with E-state index in [2.05, 4.69) is 12.2 Å². The van der Waals surface area contributed by atoms with E-state index in [4.69, 9.17) is 28.9 Å². The maximum absolute atomic E-state index is 6.14. The molecule has 1 aliphatic carbocycles. The number of hydrogen-bond donors (Lipinski definition) is 2. The van der Waals surface area contributed by atoms with E-state index in [1.807, 2.05) is 12.1 Å². The van der Waals surface area contributed by atoms with Crippen LogP contribution in [0, 0.1) is 0 Å². The first-order chi connectivity index (χ1) is 7.98. The Balaban J connectivity index is 1.86. The summed E-state index contributed by atoms with van der Waals surface area (Å²) in [5.41, 5.74) is 7.21. The summed E-state index contributed by atoms with van der Waals surface area (Å²) in [6.45, 7) is 3.04. The zero-order valence-electron chi connectivity index (χ0n) is 9.97. The Hall–Kier alpha value is -0.280. The van der Waals surface area contributed by atoms with E-state index in [9.17, 15) is 0 Å². The minimum absolute atomic E-state index is 0.0536. The second kappa shape index (κ2) is 5.15. The molecule has 1 aromatic rings. The van der Waals surface area contributed by atoms with Crippen LogP contribution in [0.3, 0.4) is 0 Å². The van der Waals surface area contributed by atoms with Crippen molar-refractivity contribution in [1.82, 2.24) is 5.32 Å². The van der Waals surface area contributed by atoms with Crippen LogP contribution in [-0.4, -0.2) is 18.1 Å². The van der Waals surface area contributed by atoms with Crippen molar-refractivity contribution in [2.45, 2.75) is 37.8 Å². The highest BCUT2D eigenvalue weighted by atomic mass is 35.5. The molecular formula is C13H18Cl2N2. The van der Waals surface area contributed by atoms with Crippen molar-refractivity contribution in [3.05, 3.63) is 33.8 Å². The number of halogens is 2. The van der Waals surface area contributed by atoms with E-state index in [1.54, 1.807) is 6.07 Å². The summed E-state index contributed by atoms with van der Waals surface area (Å²) in [5.74, 6) is 0. The molecule has 0 amide bonds. The second-order valence-electron chi connectivity index (χ2n) is 5.08. The van der Waals surface area contributed by atoms with E-state index in [1.165, 1.54) is 0 Å². The summed E-state index contributed by atoms with van der Waals surface area (Å²) in [7, 11) is 0. The molecule has 1 unspecified atom stereocenters. The fourth-order valence-corrected chi connectivity index (χ4v) is 2.29. The van der Waals surface area contributed by atoms with Crippen molar-refractivity contribution >= 4 is 23.2 Å². The van der Waals surface area contributed by atoms with Crippen LogP contribution in [0.1, 0.15) is 25.3 Å². The van der Waals surface area contributed by atoms with Gasteiger partial charge in [-0.05, 0) is 43.9 Å². The Morgan fingerprint density at radius 3 is 2.71 bits per heavy atom. The molecule has 2 nitrogen and oxygen atoms in total. The molecule has 0 bridgehead atoms. The molecule has 1 fully saturated rings. The van der Waals surface area contributed by atoms with E-state index >= 15 is 0 Å². The SMILES string of the molecule is CC(Cc1ccc(Cl)cc1Cl)NCC1(N)CC1. The summed E-state index contributed by atoms with van der Waals surface area (Å²) in [4.78, 5) is 0. The number of nitrogens with one attached hydrogen (secondary N) is 1. The number of hydrogen-bond acceptors (Lipinski definition) is 2. The third kappa shape index (κ3) is 3.85. The van der Waals surface area contributed by atoms with Gasteiger partial charge in [0.2, 0.25) is 0 Å². The van der Waals surface area contributed by atoms with Gasteiger partial charge in [-0.2, -0.15) is 0 Å². The predicted molar refractivity (Wildman–Crippen MR) is 73.8 cm³/mol. The van der Waals surface area contributed by atoms with E-state index in [0.717, 1.165) is 36.4 Å². The van der Waals surface area contributed by atoms with Crippen molar-refractivity contribution in [2.75, 3.05) is 6.54 Å². The van der Waals surface area contributed by atoms with E-state index in [0.29, 0.717) is 11.1 Å². The van der Waals surface area contributed by atoms with Gasteiger partial charge in [0.05, 0.1) is 0 Å². The van der Waals surface area contributed by atoms with Crippen molar-refractivity contribution in [2.24, 2.45) is 5.73 Å². The van der Waals surface area contributed by atoms with Gasteiger partial charge in [-0.3, -0.25) is 0 Å². The molecule has 1 saturated carbocycles. The highest BCUT2D eigenvalue weighted by Gasteiger charge is 2.37. The van der Waals surface area contributed by atoms with Crippen molar-refractivity contribution in [3.8, 4) is 0 Å². The molecule has 0 radical (unpaired) electrons. The van der Waals surface area contributed by atoms with Crippen molar-refractivity contribution in [3.63, 3.8) is 0 Å². The first kappa shape index (κ1) is 13.2. The quantitative estimate of drug-likeness (QED) is 0.865. The molecule has 3 N–H and O–H groups in total. The van der Waals surface area contributed by atoms with E-state index < -0.39 is 0 Å². The van der Waals surface area contributed by atoms with Gasteiger partial charge in [0.1, 0.15) is 0 Å². The Bertz CT molecular complexity index is 402. The smallest absolute Gasteiger partial charge is 0.0453 e. The summed E-state index contributed by atoms with van der Waals surface area (Å²) in [6.07, 6.45) is 3.16. The topological polar surface area (TPSA) is 38.0 Å². The lowest BCUT2D eigenvalue weighted by Gasteiger charge is -2.17. The van der Waals surface area contributed by atoms with Crippen LogP contribution < -0.4 is 11.1 Å². The lowest BCUT2D eigenvalue weighted by atomic mass is 10.1. The van der Waals surface area contributed by atoms with Gasteiger partial charge in [-0.15, -0.1) is 0 Å². The number of rotatable bonds is 5. The maximum Gasteiger partial charge on any atom is 0.0453 e. The Morgan fingerprint density at radius 1 is 1.41 bits per heavy atom. The van der Waals surface area contributed by atoms with Crippen LogP contribution in [0.15, 0.2) is 18.2 Å². The predicted octanol–water partition coefficient (Wildman–Crippen LogP) is 3.01. The molecule has 0 heterocycles. The largest absolute Gasteiger partial charge is 0.324 e. The average molecular weight is 273 g/mol. The fourth-order valence-electron chi connectivity index (χ4n) is 1.80. The standard InChI is InChI=1S/C13H18Cl2N2/c1-9(17-8-13(16)4-5-13)6-10-2-3-11(14)7-12(10)15/h2-3,7,9,17H,4-6,8,16H2,1H3. The molecular weight excluding hydrogens is 255 g/mol. The van der Waals surface area contributed by atoms with Crippen LogP contribution in [-0.2, 0) is 6.42 Å². The molecule has 0 spiro atoms. The minimum atomic E-state index is 0.0536. The lowest BCUT2D eigenvalue weighted by molar-refractivity contribution is 0.492. The van der Waals surface area contributed by atoms with Gasteiger partial charge < -0.3 is 11.1 Å². The van der Waals surface area contributed by atoms with Crippen LogP contribution >= 0.6 is 23.2 Å². The first-order valence-corrected chi connectivity index (χ1v) is 6.70. The Morgan fingerprint density at radius 2 is 2.12 bits per heavy atom. The first-order valence-electron chi connectivity index (χ1n) is 5.95. The monoisotopic (exact) mass is 272 g/mol. The lowest BCUT2D eigenvalue weighted by Crippen LogP contribution is -2.40. The molecule has 1 aliphatic rings. The molecule has 1 atom stereocenters. The normalized spacial score (nSPS) is 19.1. The summed E-state index contributed by atoms with van der Waals surface area (Å²) in [5, 5.41) is 4.87. The summed E-state index contributed by atoms with van der Waals surface area (Å²) >= 11 is 12.0. The molecule has 0 aromatic heterocycles. The number of nitrogens with two attached hydrogens (primary N) is 1. The summed E-state index contributed by atoms with van der Waals surface area (Å²) in [6, 6.07) is 6.02. The Kier molecular flexibility index (Phi) is 3.99. The van der Waals surface area contributed by atoms with Gasteiger partial charge in [-0.25, -0.2) is 0 Å². The molecule has 2 rings (SSSR count). The summed E-state index contributed by atoms with van der Waals surface area (Å²) < 4.78 is 0. The van der Waals surface area contributed by atoms with Crippen LogP contribution in [0.4, 0.5) is 0 Å². The average Bonchev–Trinajstić information content (AvgIpc) is 2.99. The zero-order chi connectivity index (χ0) is 12.5. The molecule has 0 aliphatic heterocycles. The maximum atomic E-state index is 6.14. The Labute approximate surface area is 112 Å². The van der Waals surface area contributed by atoms with Crippen molar-refractivity contribution < 1.29 is 0 Å². The van der Waals surface area contributed by atoms with Gasteiger partial charge in [0.25, 0.3) is 0 Å². The third-order valence-corrected chi connectivity index (χ3v) is 3.82. The highest BCUT2D eigenvalue weighted by molar-refractivity contribution is 6.35. The van der Waals surface area contributed by atoms with E-state index in [-0.39, 0.29) is 5.54 Å².